The second-order valence-corrected chi connectivity index (χ2v) is 6.54. The lowest BCUT2D eigenvalue weighted by atomic mass is 10.1. The summed E-state index contributed by atoms with van der Waals surface area (Å²) in [4.78, 5) is 30.8. The van der Waals surface area contributed by atoms with E-state index in [-0.39, 0.29) is 13.2 Å². The largest absolute Gasteiger partial charge is 0.379 e. The first-order valence-electron chi connectivity index (χ1n) is 6.11. The third kappa shape index (κ3) is 5.20. The van der Waals surface area contributed by atoms with Crippen molar-refractivity contribution in [1.29, 1.82) is 0 Å². The Morgan fingerprint density at radius 2 is 1.90 bits per heavy atom. The molecule has 0 radical (unpaired) electrons. The van der Waals surface area contributed by atoms with E-state index in [2.05, 4.69) is 0 Å². The first-order valence-corrected chi connectivity index (χ1v) is 7.79. The molecule has 1 rings (SSSR count). The van der Waals surface area contributed by atoms with Crippen LogP contribution in [-0.2, 0) is 4.57 Å². The third-order valence-corrected chi connectivity index (χ3v) is 3.79. The van der Waals surface area contributed by atoms with E-state index in [4.69, 9.17) is 9.79 Å². The Balaban J connectivity index is 2.65. The van der Waals surface area contributed by atoms with Gasteiger partial charge in [0.1, 0.15) is 6.67 Å². The van der Waals surface area contributed by atoms with Gasteiger partial charge in [0.15, 0.2) is 5.85 Å². The summed E-state index contributed by atoms with van der Waals surface area (Å²) in [6.07, 6.45) is 0. The molecule has 0 aliphatic rings. The number of carbonyl (C=O) groups excluding carboxylic acids is 1. The van der Waals surface area contributed by atoms with Crippen molar-refractivity contribution in [3.63, 3.8) is 0 Å². The van der Waals surface area contributed by atoms with Crippen LogP contribution in [0.5, 0.6) is 0 Å². The van der Waals surface area contributed by atoms with Crippen LogP contribution in [0.4, 0.5) is 0 Å². The maximum Gasteiger partial charge on any atom is 0.355 e. The average Bonchev–Trinajstić information content (AvgIpc) is 2.37. The summed E-state index contributed by atoms with van der Waals surface area (Å²) in [5.41, 5.74) is 1.02. The van der Waals surface area contributed by atoms with Gasteiger partial charge < -0.3 is 14.9 Å². The van der Waals surface area contributed by atoms with E-state index in [9.17, 15) is 19.7 Å². The van der Waals surface area contributed by atoms with E-state index in [1.165, 1.54) is 11.9 Å². The van der Waals surface area contributed by atoms with E-state index in [0.717, 1.165) is 0 Å². The average molecular weight is 318 g/mol. The van der Waals surface area contributed by atoms with Gasteiger partial charge in [-0.25, -0.2) is 5.06 Å². The number of carbonyl (C=O) groups is 1. The van der Waals surface area contributed by atoms with Gasteiger partial charge in [-0.3, -0.25) is 19.5 Å². The molecular formula is C12H19N2O6P. The molecule has 0 aliphatic heterocycles. The molecule has 8 nitrogen and oxygen atoms in total. The van der Waals surface area contributed by atoms with Crippen molar-refractivity contribution < 1.29 is 29.5 Å². The van der Waals surface area contributed by atoms with Crippen LogP contribution in [0, 0.1) is 6.92 Å². The number of hydrogen-bond donors (Lipinski definition) is 4. The Labute approximate surface area is 122 Å². The molecule has 0 heterocycles. The highest BCUT2D eigenvalue weighted by atomic mass is 31.2. The molecule has 1 amide bonds. The number of aryl methyl sites for hydroxylation is 1. The van der Waals surface area contributed by atoms with Crippen molar-refractivity contribution in [2.24, 2.45) is 0 Å². The molecule has 1 unspecified atom stereocenters. The highest BCUT2D eigenvalue weighted by molar-refractivity contribution is 7.52. The predicted molar refractivity (Wildman–Crippen MR) is 74.7 cm³/mol. The molecular weight excluding hydrogens is 299 g/mol. The number of amides is 1. The Morgan fingerprint density at radius 3 is 2.43 bits per heavy atom. The fraction of sp³-hybridized carbons (Fsp3) is 0.417. The molecule has 0 aromatic heterocycles. The maximum absolute atomic E-state index is 12.0. The van der Waals surface area contributed by atoms with Gasteiger partial charge in [-0.15, -0.1) is 0 Å². The van der Waals surface area contributed by atoms with Crippen molar-refractivity contribution in [3.05, 3.63) is 35.4 Å². The molecule has 21 heavy (non-hydrogen) atoms. The molecule has 1 aromatic rings. The third-order valence-electron chi connectivity index (χ3n) is 2.85. The second kappa shape index (κ2) is 7.13. The van der Waals surface area contributed by atoms with Gasteiger partial charge in [0.05, 0.1) is 0 Å². The van der Waals surface area contributed by atoms with Crippen LogP contribution in [0.2, 0.25) is 0 Å². The van der Waals surface area contributed by atoms with E-state index < -0.39 is 19.3 Å². The molecule has 0 aliphatic carbocycles. The summed E-state index contributed by atoms with van der Waals surface area (Å²) in [5, 5.41) is 19.5. The predicted octanol–water partition coefficient (Wildman–Crippen LogP) is 0.212. The van der Waals surface area contributed by atoms with Crippen LogP contribution < -0.4 is 0 Å². The SMILES string of the molecule is Cc1ccccc1C(=O)N(O)CN(C)CC(O)P(=O)(O)O. The Kier molecular flexibility index (Phi) is 6.03. The minimum atomic E-state index is -4.61. The summed E-state index contributed by atoms with van der Waals surface area (Å²) in [6, 6.07) is 6.71. The fourth-order valence-corrected chi connectivity index (χ4v) is 2.18. The van der Waals surface area contributed by atoms with E-state index in [1.54, 1.807) is 31.2 Å². The van der Waals surface area contributed by atoms with Crippen LogP contribution in [0.15, 0.2) is 24.3 Å². The highest BCUT2D eigenvalue weighted by Crippen LogP contribution is 2.39. The zero-order chi connectivity index (χ0) is 16.2. The van der Waals surface area contributed by atoms with Crippen LogP contribution in [0.1, 0.15) is 15.9 Å². The summed E-state index contributed by atoms with van der Waals surface area (Å²) < 4.78 is 10.8. The minimum Gasteiger partial charge on any atom is -0.379 e. The lowest BCUT2D eigenvalue weighted by Crippen LogP contribution is -2.40. The summed E-state index contributed by atoms with van der Waals surface area (Å²) >= 11 is 0. The van der Waals surface area contributed by atoms with Crippen molar-refractivity contribution in [2.45, 2.75) is 12.8 Å². The number of nitrogens with zero attached hydrogens (tertiary/aromatic N) is 2. The monoisotopic (exact) mass is 318 g/mol. The zero-order valence-electron chi connectivity index (χ0n) is 11.7. The summed E-state index contributed by atoms with van der Waals surface area (Å²) in [6.45, 7) is 1.04. The fourth-order valence-electron chi connectivity index (χ4n) is 1.69. The number of aliphatic hydroxyl groups excluding tert-OH is 1. The Morgan fingerprint density at radius 1 is 1.33 bits per heavy atom. The second-order valence-electron chi connectivity index (χ2n) is 4.77. The minimum absolute atomic E-state index is 0.301. The standard InChI is InChI=1S/C12H19N2O6P/c1-9-5-3-4-6-10(9)12(16)14(17)8-13(2)7-11(15)21(18,19)20/h3-6,11,15,17H,7-8H2,1-2H3,(H2,18,19,20). The van der Waals surface area contributed by atoms with Gasteiger partial charge in [0, 0.05) is 12.1 Å². The first kappa shape index (κ1) is 17.8. The van der Waals surface area contributed by atoms with Crippen LogP contribution in [0.25, 0.3) is 0 Å². The van der Waals surface area contributed by atoms with Crippen LogP contribution in [0.3, 0.4) is 0 Å². The molecule has 0 bridgehead atoms. The molecule has 0 saturated heterocycles. The normalized spacial score (nSPS) is 13.3. The van der Waals surface area contributed by atoms with Gasteiger partial charge >= 0.3 is 7.60 Å². The number of benzene rings is 1. The number of aliphatic hydroxyl groups is 1. The van der Waals surface area contributed by atoms with Crippen molar-refractivity contribution in [3.8, 4) is 0 Å². The molecule has 1 atom stereocenters. The molecule has 9 heteroatoms. The summed E-state index contributed by atoms with van der Waals surface area (Å²) in [5.74, 6) is -2.50. The zero-order valence-corrected chi connectivity index (χ0v) is 12.6. The lowest BCUT2D eigenvalue weighted by molar-refractivity contribution is -0.0876. The molecule has 0 fully saturated rings. The summed E-state index contributed by atoms with van der Waals surface area (Å²) in [7, 11) is -3.20. The van der Waals surface area contributed by atoms with Crippen LogP contribution in [-0.4, -0.2) is 62.1 Å². The van der Waals surface area contributed by atoms with Crippen LogP contribution >= 0.6 is 7.60 Å². The van der Waals surface area contributed by atoms with Crippen molar-refractivity contribution in [1.82, 2.24) is 9.96 Å². The molecule has 118 valence electrons. The topological polar surface area (TPSA) is 122 Å². The quantitative estimate of drug-likeness (QED) is 0.256. The smallest absolute Gasteiger partial charge is 0.355 e. The first-order chi connectivity index (χ1) is 9.62. The number of hydroxylamine groups is 2. The molecule has 1 aromatic carbocycles. The molecule has 0 saturated carbocycles. The van der Waals surface area contributed by atoms with Crippen molar-refractivity contribution in [2.75, 3.05) is 20.3 Å². The van der Waals surface area contributed by atoms with E-state index >= 15 is 0 Å². The maximum atomic E-state index is 12.0. The van der Waals surface area contributed by atoms with E-state index in [0.29, 0.717) is 16.2 Å². The van der Waals surface area contributed by atoms with Crippen molar-refractivity contribution >= 4 is 13.5 Å². The van der Waals surface area contributed by atoms with Gasteiger partial charge in [-0.05, 0) is 25.6 Å². The van der Waals surface area contributed by atoms with Gasteiger partial charge in [-0.1, -0.05) is 18.2 Å². The van der Waals surface area contributed by atoms with E-state index in [1.807, 2.05) is 0 Å². The lowest BCUT2D eigenvalue weighted by Gasteiger charge is -2.25. The molecule has 0 spiro atoms. The Hall–Kier alpha value is -1.28. The van der Waals surface area contributed by atoms with Gasteiger partial charge in [0.2, 0.25) is 0 Å². The highest BCUT2D eigenvalue weighted by Gasteiger charge is 2.28. The Bertz CT molecular complexity index is 546. The molecule has 4 N–H and O–H groups in total. The number of hydrogen-bond acceptors (Lipinski definition) is 5. The number of rotatable bonds is 6. The van der Waals surface area contributed by atoms with Gasteiger partial charge in [-0.2, -0.15) is 0 Å². The number of likely N-dealkylation sites (N-methyl/N-ethyl adjacent to an activating group) is 1. The van der Waals surface area contributed by atoms with Gasteiger partial charge in [0.25, 0.3) is 5.91 Å².